The van der Waals surface area contributed by atoms with E-state index in [1.807, 2.05) is 0 Å². The Bertz CT molecular complexity index is 614. The molecule has 0 unspecified atom stereocenters. The van der Waals surface area contributed by atoms with Crippen molar-refractivity contribution in [3.63, 3.8) is 0 Å². The van der Waals surface area contributed by atoms with E-state index in [2.05, 4.69) is 10.6 Å². The van der Waals surface area contributed by atoms with Crippen molar-refractivity contribution in [2.75, 3.05) is 20.2 Å². The number of nitro groups is 1. The first-order valence-electron chi connectivity index (χ1n) is 6.25. The van der Waals surface area contributed by atoms with Crippen LogP contribution < -0.4 is 10.6 Å². The fourth-order valence-corrected chi connectivity index (χ4v) is 1.57. The van der Waals surface area contributed by atoms with E-state index < -0.39 is 29.3 Å². The van der Waals surface area contributed by atoms with Crippen LogP contribution in [0.4, 0.5) is 5.69 Å². The minimum absolute atomic E-state index is 0.00769. The third-order valence-corrected chi connectivity index (χ3v) is 2.78. The fraction of sp³-hybridized carbons (Fsp3) is 0.308. The fourth-order valence-electron chi connectivity index (χ4n) is 1.57. The molecule has 118 valence electrons. The van der Waals surface area contributed by atoms with Gasteiger partial charge in [0.15, 0.2) is 6.61 Å². The number of likely N-dealkylation sites (N-methyl/N-ethyl adjacent to an activating group) is 1. The Kier molecular flexibility index (Phi) is 5.99. The summed E-state index contributed by atoms with van der Waals surface area (Å²) < 4.78 is 4.77. The van der Waals surface area contributed by atoms with E-state index in [-0.39, 0.29) is 23.4 Å². The third-order valence-electron chi connectivity index (χ3n) is 2.78. The molecule has 1 aromatic rings. The van der Waals surface area contributed by atoms with Crippen LogP contribution in [-0.2, 0) is 14.3 Å². The highest BCUT2D eigenvalue weighted by atomic mass is 16.6. The summed E-state index contributed by atoms with van der Waals surface area (Å²) in [5.74, 6) is -1.90. The molecule has 0 saturated heterocycles. The van der Waals surface area contributed by atoms with E-state index >= 15 is 0 Å². The largest absolute Gasteiger partial charge is 0.452 e. The number of esters is 1. The van der Waals surface area contributed by atoms with Crippen LogP contribution in [0.1, 0.15) is 15.9 Å². The zero-order valence-corrected chi connectivity index (χ0v) is 12.0. The Labute approximate surface area is 125 Å². The van der Waals surface area contributed by atoms with E-state index in [4.69, 9.17) is 4.74 Å². The standard InChI is InChI=1S/C13H15N3O6/c1-8-9(4-3-5-10(8)16(20)21)13(19)22-7-12(18)15-6-11(17)14-2/h3-5H,6-7H2,1-2H3,(H,14,17)(H,15,18). The average Bonchev–Trinajstić information content (AvgIpc) is 2.49. The molecule has 0 aromatic heterocycles. The number of carbonyl (C=O) groups excluding carboxylic acids is 3. The second kappa shape index (κ2) is 7.72. The quantitative estimate of drug-likeness (QED) is 0.430. The normalized spacial score (nSPS) is 9.73. The molecular weight excluding hydrogens is 294 g/mol. The number of nitro benzene ring substituents is 1. The minimum atomic E-state index is -0.851. The number of nitrogens with zero attached hydrogens (tertiary/aromatic N) is 1. The molecule has 9 nitrogen and oxygen atoms in total. The molecule has 0 atom stereocenters. The van der Waals surface area contributed by atoms with Crippen LogP contribution in [0.5, 0.6) is 0 Å². The van der Waals surface area contributed by atoms with Crippen molar-refractivity contribution in [3.05, 3.63) is 39.4 Å². The van der Waals surface area contributed by atoms with Crippen molar-refractivity contribution in [2.45, 2.75) is 6.92 Å². The van der Waals surface area contributed by atoms with Gasteiger partial charge in [0.25, 0.3) is 11.6 Å². The summed E-state index contributed by atoms with van der Waals surface area (Å²) in [5, 5.41) is 15.3. The van der Waals surface area contributed by atoms with Crippen molar-refractivity contribution >= 4 is 23.5 Å². The molecule has 0 aliphatic rings. The number of benzene rings is 1. The van der Waals surface area contributed by atoms with Crippen molar-refractivity contribution in [1.82, 2.24) is 10.6 Å². The summed E-state index contributed by atoms with van der Waals surface area (Å²) in [6.07, 6.45) is 0. The molecule has 0 fully saturated rings. The highest BCUT2D eigenvalue weighted by Crippen LogP contribution is 2.21. The lowest BCUT2D eigenvalue weighted by atomic mass is 10.1. The van der Waals surface area contributed by atoms with Gasteiger partial charge in [-0.1, -0.05) is 6.07 Å². The first-order chi connectivity index (χ1) is 10.4. The number of carbonyl (C=O) groups is 3. The SMILES string of the molecule is CNC(=O)CNC(=O)COC(=O)c1cccc([N+](=O)[O-])c1C. The van der Waals surface area contributed by atoms with Crippen LogP contribution in [0.15, 0.2) is 18.2 Å². The lowest BCUT2D eigenvalue weighted by molar-refractivity contribution is -0.385. The van der Waals surface area contributed by atoms with Crippen molar-refractivity contribution < 1.29 is 24.0 Å². The minimum Gasteiger partial charge on any atom is -0.452 e. The molecule has 0 aliphatic carbocycles. The van der Waals surface area contributed by atoms with Crippen LogP contribution in [-0.4, -0.2) is 42.9 Å². The molecule has 9 heteroatoms. The third kappa shape index (κ3) is 4.54. The number of rotatable bonds is 6. The maximum atomic E-state index is 11.8. The summed E-state index contributed by atoms with van der Waals surface area (Å²) in [6.45, 7) is 0.598. The van der Waals surface area contributed by atoms with E-state index in [0.717, 1.165) is 0 Å². The van der Waals surface area contributed by atoms with Gasteiger partial charge in [0.05, 0.1) is 17.0 Å². The van der Waals surface area contributed by atoms with Gasteiger partial charge in [0.2, 0.25) is 5.91 Å². The molecular formula is C13H15N3O6. The molecule has 1 aromatic carbocycles. The van der Waals surface area contributed by atoms with Crippen LogP contribution in [0.3, 0.4) is 0 Å². The average molecular weight is 309 g/mol. The lowest BCUT2D eigenvalue weighted by Crippen LogP contribution is -2.37. The Morgan fingerprint density at radius 2 is 1.95 bits per heavy atom. The van der Waals surface area contributed by atoms with E-state index in [1.165, 1.54) is 32.2 Å². The van der Waals surface area contributed by atoms with Crippen LogP contribution in [0.2, 0.25) is 0 Å². The van der Waals surface area contributed by atoms with Gasteiger partial charge in [-0.2, -0.15) is 0 Å². The first-order valence-corrected chi connectivity index (χ1v) is 6.25. The summed E-state index contributed by atoms with van der Waals surface area (Å²) >= 11 is 0. The molecule has 2 amide bonds. The molecule has 1 rings (SSSR count). The molecule has 0 aliphatic heterocycles. The predicted octanol–water partition coefficient (Wildman–Crippen LogP) is -0.0778. The molecule has 0 spiro atoms. The topological polar surface area (TPSA) is 128 Å². The first kappa shape index (κ1) is 17.1. The molecule has 2 N–H and O–H groups in total. The van der Waals surface area contributed by atoms with Gasteiger partial charge in [-0.15, -0.1) is 0 Å². The summed E-state index contributed by atoms with van der Waals surface area (Å²) in [4.78, 5) is 44.3. The summed E-state index contributed by atoms with van der Waals surface area (Å²) in [6, 6.07) is 3.99. The number of ether oxygens (including phenoxy) is 1. The number of nitrogens with one attached hydrogen (secondary N) is 2. The molecule has 22 heavy (non-hydrogen) atoms. The Hall–Kier alpha value is -2.97. The van der Waals surface area contributed by atoms with Crippen molar-refractivity contribution in [2.24, 2.45) is 0 Å². The van der Waals surface area contributed by atoms with Crippen LogP contribution in [0, 0.1) is 17.0 Å². The monoisotopic (exact) mass is 309 g/mol. The summed E-state index contributed by atoms with van der Waals surface area (Å²) in [7, 11) is 1.42. The Morgan fingerprint density at radius 1 is 1.27 bits per heavy atom. The maximum absolute atomic E-state index is 11.8. The summed E-state index contributed by atoms with van der Waals surface area (Å²) in [5.41, 5.74) is -0.0462. The Balaban J connectivity index is 2.63. The van der Waals surface area contributed by atoms with Crippen molar-refractivity contribution in [3.8, 4) is 0 Å². The number of hydrogen-bond donors (Lipinski definition) is 2. The highest BCUT2D eigenvalue weighted by molar-refractivity contribution is 5.94. The second-order valence-electron chi connectivity index (χ2n) is 4.23. The number of amides is 2. The zero-order chi connectivity index (χ0) is 16.7. The molecule has 0 saturated carbocycles. The second-order valence-corrected chi connectivity index (χ2v) is 4.23. The van der Waals surface area contributed by atoms with Gasteiger partial charge in [-0.25, -0.2) is 4.79 Å². The molecule has 0 heterocycles. The van der Waals surface area contributed by atoms with Gasteiger partial charge in [0.1, 0.15) is 0 Å². The maximum Gasteiger partial charge on any atom is 0.339 e. The van der Waals surface area contributed by atoms with Gasteiger partial charge in [-0.05, 0) is 13.0 Å². The molecule has 0 bridgehead atoms. The van der Waals surface area contributed by atoms with Gasteiger partial charge >= 0.3 is 5.97 Å². The lowest BCUT2D eigenvalue weighted by Gasteiger charge is -2.08. The van der Waals surface area contributed by atoms with E-state index in [1.54, 1.807) is 0 Å². The predicted molar refractivity (Wildman–Crippen MR) is 75.2 cm³/mol. The van der Waals surface area contributed by atoms with Gasteiger partial charge in [0, 0.05) is 18.7 Å². The van der Waals surface area contributed by atoms with E-state index in [9.17, 15) is 24.5 Å². The van der Waals surface area contributed by atoms with Gasteiger partial charge in [-0.3, -0.25) is 19.7 Å². The molecule has 0 radical (unpaired) electrons. The highest BCUT2D eigenvalue weighted by Gasteiger charge is 2.19. The van der Waals surface area contributed by atoms with Gasteiger partial charge < -0.3 is 15.4 Å². The van der Waals surface area contributed by atoms with Crippen LogP contribution >= 0.6 is 0 Å². The number of hydrogen-bond acceptors (Lipinski definition) is 6. The van der Waals surface area contributed by atoms with E-state index in [0.29, 0.717) is 0 Å². The smallest absolute Gasteiger partial charge is 0.339 e. The van der Waals surface area contributed by atoms with Crippen LogP contribution in [0.25, 0.3) is 0 Å². The van der Waals surface area contributed by atoms with Crippen molar-refractivity contribution in [1.29, 1.82) is 0 Å². The zero-order valence-electron chi connectivity index (χ0n) is 12.0. The Morgan fingerprint density at radius 3 is 2.55 bits per heavy atom.